The molecule has 0 fully saturated rings. The predicted octanol–water partition coefficient (Wildman–Crippen LogP) is 14.4. The zero-order valence-electron chi connectivity index (χ0n) is 29.5. The Morgan fingerprint density at radius 2 is 0.909 bits per heavy atom. The normalized spacial score (nSPS) is 11.7. The fourth-order valence-electron chi connectivity index (χ4n) is 8.04. The van der Waals surface area contributed by atoms with E-state index in [-0.39, 0.29) is 5.82 Å². The Labute approximate surface area is 315 Å². The Kier molecular flexibility index (Phi) is 7.01. The van der Waals surface area contributed by atoms with Gasteiger partial charge < -0.3 is 18.3 Å². The summed E-state index contributed by atoms with van der Waals surface area (Å²) in [7, 11) is 0. The number of benzene rings is 8. The molecule has 0 saturated carbocycles. The van der Waals surface area contributed by atoms with Gasteiger partial charge >= 0.3 is 0 Å². The maximum atomic E-state index is 13.8. The first kappa shape index (κ1) is 31.2. The van der Waals surface area contributed by atoms with E-state index in [2.05, 4.69) is 137 Å². The summed E-state index contributed by atoms with van der Waals surface area (Å²) >= 11 is 0. The molecule has 0 unspecified atom stereocenters. The van der Waals surface area contributed by atoms with Crippen molar-refractivity contribution in [1.82, 2.24) is 4.57 Å². The number of rotatable bonds is 6. The summed E-state index contributed by atoms with van der Waals surface area (Å²) in [6, 6.07) is 63.9. The number of hydrogen-bond donors (Lipinski definition) is 0. The molecule has 0 aliphatic carbocycles. The van der Waals surface area contributed by atoms with Crippen LogP contribution in [0.4, 0.5) is 21.5 Å². The first-order valence-electron chi connectivity index (χ1n) is 18.4. The van der Waals surface area contributed by atoms with E-state index >= 15 is 0 Å². The van der Waals surface area contributed by atoms with Gasteiger partial charge in [-0.1, -0.05) is 84.9 Å². The summed E-state index contributed by atoms with van der Waals surface area (Å²) in [4.78, 5) is 2.28. The largest absolute Gasteiger partial charge is 0.452 e. The van der Waals surface area contributed by atoms with E-state index in [9.17, 15) is 4.39 Å². The quantitative estimate of drug-likeness (QED) is 0.172. The fourth-order valence-corrected chi connectivity index (χ4v) is 8.04. The van der Waals surface area contributed by atoms with Gasteiger partial charge in [0.2, 0.25) is 0 Å². The van der Waals surface area contributed by atoms with Crippen molar-refractivity contribution in [2.24, 2.45) is 0 Å². The minimum atomic E-state index is -0.243. The van der Waals surface area contributed by atoms with E-state index < -0.39 is 0 Å². The number of anilines is 3. The zero-order valence-corrected chi connectivity index (χ0v) is 29.5. The van der Waals surface area contributed by atoms with Crippen LogP contribution in [0, 0.1) is 5.82 Å². The lowest BCUT2D eigenvalue weighted by Crippen LogP contribution is -2.09. The molecule has 55 heavy (non-hydrogen) atoms. The van der Waals surface area contributed by atoms with Crippen LogP contribution in [0.25, 0.3) is 82.9 Å². The monoisotopic (exact) mass is 710 g/mol. The lowest BCUT2D eigenvalue weighted by atomic mass is 10.0. The first-order chi connectivity index (χ1) is 27.2. The molecule has 3 heterocycles. The Bertz CT molecular complexity index is 3190. The minimum Gasteiger partial charge on any atom is -0.452 e. The Morgan fingerprint density at radius 1 is 0.382 bits per heavy atom. The second kappa shape index (κ2) is 12.4. The van der Waals surface area contributed by atoms with Crippen LogP contribution in [0.15, 0.2) is 197 Å². The number of para-hydroxylation sites is 3. The van der Waals surface area contributed by atoms with Crippen LogP contribution >= 0.6 is 0 Å². The van der Waals surface area contributed by atoms with Crippen molar-refractivity contribution in [2.45, 2.75) is 0 Å². The number of halogens is 1. The molecule has 0 atom stereocenters. The van der Waals surface area contributed by atoms with Crippen LogP contribution < -0.4 is 4.90 Å². The molecular weight excluding hydrogens is 680 g/mol. The number of nitrogens with zero attached hydrogens (tertiary/aromatic N) is 2. The average molecular weight is 711 g/mol. The van der Waals surface area contributed by atoms with E-state index in [1.807, 2.05) is 48.5 Å². The van der Waals surface area contributed by atoms with Gasteiger partial charge in [-0.05, 0) is 125 Å². The smallest absolute Gasteiger partial charge is 0.181 e. The molecule has 0 amide bonds. The molecule has 5 heteroatoms. The van der Waals surface area contributed by atoms with E-state index in [1.165, 1.54) is 12.1 Å². The summed E-state index contributed by atoms with van der Waals surface area (Å²) in [6.07, 6.45) is 0. The molecule has 4 nitrogen and oxygen atoms in total. The summed E-state index contributed by atoms with van der Waals surface area (Å²) in [5.41, 5.74) is 14.0. The standard InChI is InChI=1S/C50H31FN2O2/c51-36-20-26-40(27-21-36)53-45-12-6-4-10-41(45)44-30-34(19-29-46(44)53)32-14-22-38(23-15-32)52(37-8-2-1-3-9-37)39-24-16-33(17-25-39)35-18-28-43-48(31-35)55-49-42-11-5-7-13-47(42)54-50(43)49/h1-31H. The van der Waals surface area contributed by atoms with Gasteiger partial charge in [0.15, 0.2) is 11.2 Å². The van der Waals surface area contributed by atoms with Crippen molar-refractivity contribution < 1.29 is 13.2 Å². The molecule has 3 aromatic heterocycles. The Morgan fingerprint density at radius 3 is 1.64 bits per heavy atom. The predicted molar refractivity (Wildman–Crippen MR) is 223 cm³/mol. The summed E-state index contributed by atoms with van der Waals surface area (Å²) in [6.45, 7) is 0. The third kappa shape index (κ3) is 5.12. The molecule has 8 aromatic carbocycles. The van der Waals surface area contributed by atoms with Crippen LogP contribution in [0.2, 0.25) is 0 Å². The molecule has 0 spiro atoms. The van der Waals surface area contributed by atoms with Gasteiger partial charge in [0.05, 0.1) is 21.8 Å². The minimum absolute atomic E-state index is 0.243. The van der Waals surface area contributed by atoms with Crippen molar-refractivity contribution in [3.05, 3.63) is 194 Å². The van der Waals surface area contributed by atoms with Crippen molar-refractivity contribution in [3.63, 3.8) is 0 Å². The molecule has 0 aliphatic rings. The summed E-state index contributed by atoms with van der Waals surface area (Å²) < 4.78 is 28.5. The van der Waals surface area contributed by atoms with Crippen LogP contribution in [0.5, 0.6) is 0 Å². The lowest BCUT2D eigenvalue weighted by molar-refractivity contribution is 0.627. The summed E-state index contributed by atoms with van der Waals surface area (Å²) in [5, 5.41) is 4.27. The van der Waals surface area contributed by atoms with Crippen LogP contribution in [0.3, 0.4) is 0 Å². The maximum Gasteiger partial charge on any atom is 0.181 e. The van der Waals surface area contributed by atoms with Gasteiger partial charge in [-0.2, -0.15) is 0 Å². The van der Waals surface area contributed by atoms with Crippen LogP contribution in [0.1, 0.15) is 0 Å². The highest BCUT2D eigenvalue weighted by molar-refractivity contribution is 6.13. The molecule has 11 rings (SSSR count). The van der Waals surface area contributed by atoms with Gasteiger partial charge in [-0.25, -0.2) is 4.39 Å². The third-order valence-corrected chi connectivity index (χ3v) is 10.7. The topological polar surface area (TPSA) is 34.5 Å². The van der Waals surface area contributed by atoms with Crippen molar-refractivity contribution >= 4 is 72.0 Å². The SMILES string of the molecule is Fc1ccc(-n2c3ccccc3c3cc(-c4ccc(N(c5ccccc5)c5ccc(-c6ccc7c(c6)oc6c8ccccc8oc76)cc5)cc4)ccc32)cc1. The molecule has 0 aliphatic heterocycles. The maximum absolute atomic E-state index is 13.8. The van der Waals surface area contributed by atoms with Crippen molar-refractivity contribution in [3.8, 4) is 27.9 Å². The molecule has 0 radical (unpaired) electrons. The van der Waals surface area contributed by atoms with Crippen LogP contribution in [-0.2, 0) is 0 Å². The van der Waals surface area contributed by atoms with Gasteiger partial charge in [-0.3, -0.25) is 0 Å². The van der Waals surface area contributed by atoms with Gasteiger partial charge in [0.1, 0.15) is 17.0 Å². The summed E-state index contributed by atoms with van der Waals surface area (Å²) in [5.74, 6) is -0.243. The second-order valence-electron chi connectivity index (χ2n) is 13.9. The van der Waals surface area contributed by atoms with Gasteiger partial charge in [0, 0.05) is 33.5 Å². The number of aromatic nitrogens is 1. The molecule has 0 bridgehead atoms. The van der Waals surface area contributed by atoms with Crippen molar-refractivity contribution in [2.75, 3.05) is 4.90 Å². The van der Waals surface area contributed by atoms with Gasteiger partial charge in [-0.15, -0.1) is 0 Å². The highest BCUT2D eigenvalue weighted by Crippen LogP contribution is 2.41. The molecule has 11 aromatic rings. The molecular formula is C50H31FN2O2. The first-order valence-corrected chi connectivity index (χ1v) is 18.4. The van der Waals surface area contributed by atoms with E-state index in [1.54, 1.807) is 0 Å². The lowest BCUT2D eigenvalue weighted by Gasteiger charge is -2.26. The zero-order chi connectivity index (χ0) is 36.5. The third-order valence-electron chi connectivity index (χ3n) is 10.7. The highest BCUT2D eigenvalue weighted by Gasteiger charge is 2.18. The Hall–Kier alpha value is -7.37. The van der Waals surface area contributed by atoms with Gasteiger partial charge in [0.25, 0.3) is 0 Å². The number of furan rings is 2. The molecule has 260 valence electrons. The van der Waals surface area contributed by atoms with Crippen molar-refractivity contribution in [1.29, 1.82) is 0 Å². The highest BCUT2D eigenvalue weighted by atomic mass is 19.1. The number of fused-ring (bicyclic) bond motifs is 8. The van der Waals surface area contributed by atoms with E-state index in [0.717, 1.165) is 99.9 Å². The average Bonchev–Trinajstić information content (AvgIpc) is 3.90. The Balaban J connectivity index is 0.933. The molecule has 0 saturated heterocycles. The fraction of sp³-hybridized carbons (Fsp3) is 0. The van der Waals surface area contributed by atoms with E-state index in [0.29, 0.717) is 0 Å². The molecule has 0 N–H and O–H groups in total. The van der Waals surface area contributed by atoms with E-state index in [4.69, 9.17) is 8.83 Å². The number of hydrogen-bond acceptors (Lipinski definition) is 3. The van der Waals surface area contributed by atoms with Crippen LogP contribution in [-0.4, -0.2) is 4.57 Å². The second-order valence-corrected chi connectivity index (χ2v) is 13.9.